The van der Waals surface area contributed by atoms with Gasteiger partial charge in [0.2, 0.25) is 11.8 Å². The molecule has 5 nitrogen and oxygen atoms in total. The van der Waals surface area contributed by atoms with Gasteiger partial charge in [-0.05, 0) is 81.0 Å². The van der Waals surface area contributed by atoms with Gasteiger partial charge in [-0.3, -0.25) is 14.6 Å². The standard InChI is InChI=1S/C23H24ClN3O2/c1-13-7-8-19(17(24)9-13)26-22(28)12-27-21-11-15(3)14(2)10-20(21)25-18-6-4-5-16(18)23(27)29/h7-11,16H,4-6,12H2,1-3H3,(H,26,28)/t16-/m1/s1. The van der Waals surface area contributed by atoms with Crippen LogP contribution < -0.4 is 10.2 Å². The molecule has 0 saturated heterocycles. The van der Waals surface area contributed by atoms with Gasteiger partial charge < -0.3 is 10.2 Å². The van der Waals surface area contributed by atoms with E-state index in [4.69, 9.17) is 16.6 Å². The third kappa shape index (κ3) is 3.79. The van der Waals surface area contributed by atoms with E-state index in [0.717, 1.165) is 47.4 Å². The number of aliphatic imine (C=N–C) groups is 1. The smallest absolute Gasteiger partial charge is 0.244 e. The highest BCUT2D eigenvalue weighted by Gasteiger charge is 2.37. The maximum Gasteiger partial charge on any atom is 0.244 e. The normalized spacial score (nSPS) is 18.1. The van der Waals surface area contributed by atoms with Gasteiger partial charge in [0.25, 0.3) is 0 Å². The Kier molecular flexibility index (Phi) is 5.17. The van der Waals surface area contributed by atoms with Gasteiger partial charge in [-0.2, -0.15) is 0 Å². The monoisotopic (exact) mass is 409 g/mol. The number of hydrogen-bond acceptors (Lipinski definition) is 3. The Hall–Kier alpha value is -2.66. The van der Waals surface area contributed by atoms with E-state index < -0.39 is 0 Å². The molecule has 0 spiro atoms. The predicted octanol–water partition coefficient (Wildman–Crippen LogP) is 5.12. The second-order valence-corrected chi connectivity index (χ2v) is 8.34. The molecule has 1 aliphatic carbocycles. The Labute approximate surface area is 175 Å². The Balaban J connectivity index is 1.66. The summed E-state index contributed by atoms with van der Waals surface area (Å²) < 4.78 is 0. The number of anilines is 2. The van der Waals surface area contributed by atoms with E-state index in [2.05, 4.69) is 5.32 Å². The zero-order valence-corrected chi connectivity index (χ0v) is 17.6. The highest BCUT2D eigenvalue weighted by Crippen LogP contribution is 2.39. The van der Waals surface area contributed by atoms with Gasteiger partial charge in [0.05, 0.1) is 28.0 Å². The van der Waals surface area contributed by atoms with Crippen molar-refractivity contribution < 1.29 is 9.59 Å². The molecule has 0 unspecified atom stereocenters. The van der Waals surface area contributed by atoms with E-state index in [1.807, 2.05) is 39.0 Å². The summed E-state index contributed by atoms with van der Waals surface area (Å²) in [4.78, 5) is 32.6. The summed E-state index contributed by atoms with van der Waals surface area (Å²) in [5.74, 6) is -0.568. The second kappa shape index (κ2) is 7.64. The molecule has 2 aromatic rings. The van der Waals surface area contributed by atoms with Crippen LogP contribution in [0.25, 0.3) is 0 Å². The van der Waals surface area contributed by atoms with Crippen LogP contribution in [-0.4, -0.2) is 24.1 Å². The van der Waals surface area contributed by atoms with Crippen molar-refractivity contribution in [2.45, 2.75) is 40.0 Å². The van der Waals surface area contributed by atoms with E-state index >= 15 is 0 Å². The summed E-state index contributed by atoms with van der Waals surface area (Å²) in [6.45, 7) is 5.90. The van der Waals surface area contributed by atoms with E-state index in [0.29, 0.717) is 16.4 Å². The minimum atomic E-state index is -0.283. The van der Waals surface area contributed by atoms with Crippen LogP contribution >= 0.6 is 11.6 Å². The lowest BCUT2D eigenvalue weighted by molar-refractivity contribution is -0.122. The first kappa shape index (κ1) is 19.6. The van der Waals surface area contributed by atoms with E-state index in [9.17, 15) is 9.59 Å². The number of nitrogens with one attached hydrogen (secondary N) is 1. The molecule has 1 heterocycles. The average molecular weight is 410 g/mol. The molecule has 6 heteroatoms. The highest BCUT2D eigenvalue weighted by molar-refractivity contribution is 6.33. The number of rotatable bonds is 3. The predicted molar refractivity (Wildman–Crippen MR) is 118 cm³/mol. The Morgan fingerprint density at radius 2 is 1.97 bits per heavy atom. The molecule has 1 atom stereocenters. The number of fused-ring (bicyclic) bond motifs is 2. The van der Waals surface area contributed by atoms with Gasteiger partial charge in [0.1, 0.15) is 6.54 Å². The molecule has 1 saturated carbocycles. The molecular weight excluding hydrogens is 386 g/mol. The van der Waals surface area contributed by atoms with Crippen LogP contribution in [0.1, 0.15) is 36.0 Å². The zero-order chi connectivity index (χ0) is 20.7. The van der Waals surface area contributed by atoms with Crippen molar-refractivity contribution in [2.24, 2.45) is 10.9 Å². The third-order valence-electron chi connectivity index (χ3n) is 5.74. The van der Waals surface area contributed by atoms with Crippen molar-refractivity contribution in [1.82, 2.24) is 0 Å². The molecule has 0 bridgehead atoms. The number of hydrogen-bond donors (Lipinski definition) is 1. The molecule has 2 amide bonds. The summed E-state index contributed by atoms with van der Waals surface area (Å²) in [5.41, 5.74) is 6.14. The Morgan fingerprint density at radius 1 is 1.21 bits per heavy atom. The molecule has 1 N–H and O–H groups in total. The number of aryl methyl sites for hydroxylation is 3. The molecule has 0 radical (unpaired) electrons. The van der Waals surface area contributed by atoms with Gasteiger partial charge in [0, 0.05) is 5.71 Å². The summed E-state index contributed by atoms with van der Waals surface area (Å²) in [7, 11) is 0. The number of benzene rings is 2. The molecule has 4 rings (SSSR count). The molecule has 1 aliphatic heterocycles. The van der Waals surface area contributed by atoms with Crippen molar-refractivity contribution in [3.63, 3.8) is 0 Å². The average Bonchev–Trinajstić information content (AvgIpc) is 3.09. The summed E-state index contributed by atoms with van der Waals surface area (Å²) >= 11 is 6.25. The highest BCUT2D eigenvalue weighted by atomic mass is 35.5. The Morgan fingerprint density at radius 3 is 2.72 bits per heavy atom. The maximum absolute atomic E-state index is 13.3. The first-order chi connectivity index (χ1) is 13.8. The van der Waals surface area contributed by atoms with Crippen molar-refractivity contribution in [1.29, 1.82) is 0 Å². The van der Waals surface area contributed by atoms with Crippen molar-refractivity contribution in [3.05, 3.63) is 52.0 Å². The van der Waals surface area contributed by atoms with Crippen molar-refractivity contribution >= 4 is 46.2 Å². The van der Waals surface area contributed by atoms with Crippen molar-refractivity contribution in [2.75, 3.05) is 16.8 Å². The van der Waals surface area contributed by atoms with Gasteiger partial charge in [-0.25, -0.2) is 0 Å². The second-order valence-electron chi connectivity index (χ2n) is 7.93. The van der Waals surface area contributed by atoms with Gasteiger partial charge >= 0.3 is 0 Å². The number of halogens is 1. The van der Waals surface area contributed by atoms with Crippen LogP contribution in [0.3, 0.4) is 0 Å². The number of carbonyl (C=O) groups excluding carboxylic acids is 2. The number of nitrogens with zero attached hydrogens (tertiary/aromatic N) is 2. The SMILES string of the molecule is Cc1ccc(NC(=O)CN2C(=O)[C@@H]3CCCC3=Nc3cc(C)c(C)cc32)c(Cl)c1. The topological polar surface area (TPSA) is 61.8 Å². The summed E-state index contributed by atoms with van der Waals surface area (Å²) in [6, 6.07) is 9.43. The Bertz CT molecular complexity index is 1040. The molecule has 150 valence electrons. The van der Waals surface area contributed by atoms with Crippen LogP contribution in [0.15, 0.2) is 35.3 Å². The first-order valence-electron chi connectivity index (χ1n) is 9.89. The van der Waals surface area contributed by atoms with E-state index in [1.165, 1.54) is 0 Å². The minimum Gasteiger partial charge on any atom is -0.323 e. The van der Waals surface area contributed by atoms with E-state index in [1.54, 1.807) is 17.0 Å². The lowest BCUT2D eigenvalue weighted by atomic mass is 10.0. The molecule has 0 aromatic heterocycles. The largest absolute Gasteiger partial charge is 0.323 e. The minimum absolute atomic E-state index is 0.0478. The molecular formula is C23H24ClN3O2. The van der Waals surface area contributed by atoms with Gasteiger partial charge in [-0.15, -0.1) is 0 Å². The first-order valence-corrected chi connectivity index (χ1v) is 10.3. The fourth-order valence-electron chi connectivity index (χ4n) is 4.00. The quantitative estimate of drug-likeness (QED) is 0.764. The number of amides is 2. The molecule has 2 aliphatic rings. The van der Waals surface area contributed by atoms with Crippen LogP contribution in [-0.2, 0) is 9.59 Å². The zero-order valence-electron chi connectivity index (χ0n) is 16.9. The summed E-state index contributed by atoms with van der Waals surface area (Å²) in [5, 5.41) is 3.32. The van der Waals surface area contributed by atoms with Gasteiger partial charge in [-0.1, -0.05) is 17.7 Å². The number of carbonyl (C=O) groups is 2. The fraction of sp³-hybridized carbons (Fsp3) is 0.348. The van der Waals surface area contributed by atoms with Crippen LogP contribution in [0, 0.1) is 26.7 Å². The van der Waals surface area contributed by atoms with Gasteiger partial charge in [0.15, 0.2) is 0 Å². The third-order valence-corrected chi connectivity index (χ3v) is 6.05. The lowest BCUT2D eigenvalue weighted by Crippen LogP contribution is -2.42. The van der Waals surface area contributed by atoms with Crippen LogP contribution in [0.5, 0.6) is 0 Å². The van der Waals surface area contributed by atoms with Crippen molar-refractivity contribution in [3.8, 4) is 0 Å². The molecule has 2 aromatic carbocycles. The maximum atomic E-state index is 13.3. The lowest BCUT2D eigenvalue weighted by Gasteiger charge is -2.25. The molecule has 1 fully saturated rings. The van der Waals surface area contributed by atoms with Crippen LogP contribution in [0.4, 0.5) is 17.1 Å². The molecule has 29 heavy (non-hydrogen) atoms. The summed E-state index contributed by atoms with van der Waals surface area (Å²) in [6.07, 6.45) is 2.57. The van der Waals surface area contributed by atoms with Crippen LogP contribution in [0.2, 0.25) is 5.02 Å². The van der Waals surface area contributed by atoms with E-state index in [-0.39, 0.29) is 24.3 Å². The fourth-order valence-corrected chi connectivity index (χ4v) is 4.28.